The van der Waals surface area contributed by atoms with Crippen molar-refractivity contribution in [1.29, 1.82) is 0 Å². The van der Waals surface area contributed by atoms with Crippen LogP contribution in [0, 0.1) is 0 Å². The second-order valence-corrected chi connectivity index (χ2v) is 5.94. The minimum Gasteiger partial charge on any atom is -0.493 e. The number of amides is 1. The van der Waals surface area contributed by atoms with E-state index in [1.165, 1.54) is 5.56 Å². The van der Waals surface area contributed by atoms with Crippen LogP contribution >= 0.6 is 0 Å². The summed E-state index contributed by atoms with van der Waals surface area (Å²) >= 11 is 0. The molecule has 1 unspecified atom stereocenters. The Morgan fingerprint density at radius 1 is 1.38 bits per heavy atom. The maximum atomic E-state index is 12.3. The summed E-state index contributed by atoms with van der Waals surface area (Å²) in [6.07, 6.45) is 4.56. The first-order valence-corrected chi connectivity index (χ1v) is 7.56. The summed E-state index contributed by atoms with van der Waals surface area (Å²) in [6, 6.07) is 6.38. The number of rotatable bonds is 2. The number of nitrogens with zero attached hydrogens (tertiary/aromatic N) is 2. The second-order valence-electron chi connectivity index (χ2n) is 5.94. The number of carbonyl (C=O) groups excluding carboxylic acids is 1. The molecule has 0 radical (unpaired) electrons. The zero-order valence-corrected chi connectivity index (χ0v) is 12.7. The molecule has 4 nitrogen and oxygen atoms in total. The molecule has 4 heteroatoms. The molecule has 0 spiro atoms. The Hall–Kier alpha value is -1.81. The average molecular weight is 286 g/mol. The minimum atomic E-state index is 0.104. The first kappa shape index (κ1) is 14.1. The van der Waals surface area contributed by atoms with E-state index in [9.17, 15) is 4.79 Å². The zero-order chi connectivity index (χ0) is 14.8. The van der Waals surface area contributed by atoms with E-state index >= 15 is 0 Å². The molecular formula is C17H22N2O2. The first-order chi connectivity index (χ1) is 10.1. The Labute approximate surface area is 126 Å². The van der Waals surface area contributed by atoms with Gasteiger partial charge in [-0.25, -0.2) is 0 Å². The lowest BCUT2D eigenvalue weighted by molar-refractivity contribution is -0.130. The van der Waals surface area contributed by atoms with Crippen LogP contribution in [-0.4, -0.2) is 55.0 Å². The van der Waals surface area contributed by atoms with Crippen molar-refractivity contribution in [3.05, 3.63) is 35.4 Å². The van der Waals surface area contributed by atoms with Gasteiger partial charge in [0, 0.05) is 38.2 Å². The van der Waals surface area contributed by atoms with Gasteiger partial charge in [0.05, 0.1) is 6.61 Å². The van der Waals surface area contributed by atoms with Crippen LogP contribution in [0.2, 0.25) is 0 Å². The van der Waals surface area contributed by atoms with E-state index in [1.807, 2.05) is 23.1 Å². The third kappa shape index (κ3) is 3.10. The SMILES string of the molecule is CC1CN(C)CCN1C(=O)C=Cc1ccc2c(c1)CCO2. The molecule has 21 heavy (non-hydrogen) atoms. The number of hydrogen-bond acceptors (Lipinski definition) is 3. The molecule has 1 aromatic rings. The fraction of sp³-hybridized carbons (Fsp3) is 0.471. The molecule has 2 aliphatic heterocycles. The highest BCUT2D eigenvalue weighted by Crippen LogP contribution is 2.26. The van der Waals surface area contributed by atoms with Crippen molar-refractivity contribution >= 4 is 12.0 Å². The molecule has 0 aromatic heterocycles. The van der Waals surface area contributed by atoms with Gasteiger partial charge < -0.3 is 14.5 Å². The van der Waals surface area contributed by atoms with E-state index in [0.717, 1.165) is 44.0 Å². The van der Waals surface area contributed by atoms with E-state index < -0.39 is 0 Å². The van der Waals surface area contributed by atoms with Crippen LogP contribution in [0.4, 0.5) is 0 Å². The Morgan fingerprint density at radius 2 is 2.24 bits per heavy atom. The minimum absolute atomic E-state index is 0.104. The number of fused-ring (bicyclic) bond motifs is 1. The van der Waals surface area contributed by atoms with Crippen molar-refractivity contribution in [3.8, 4) is 5.75 Å². The lowest BCUT2D eigenvalue weighted by Crippen LogP contribution is -2.52. The average Bonchev–Trinajstić information content (AvgIpc) is 2.92. The lowest BCUT2D eigenvalue weighted by atomic mass is 10.1. The summed E-state index contributed by atoms with van der Waals surface area (Å²) in [7, 11) is 2.10. The smallest absolute Gasteiger partial charge is 0.246 e. The Morgan fingerprint density at radius 3 is 3.05 bits per heavy atom. The molecule has 0 N–H and O–H groups in total. The molecule has 0 aliphatic carbocycles. The van der Waals surface area contributed by atoms with Gasteiger partial charge in [0.2, 0.25) is 5.91 Å². The van der Waals surface area contributed by atoms with Gasteiger partial charge in [0.1, 0.15) is 5.75 Å². The molecule has 0 bridgehead atoms. The third-order valence-corrected chi connectivity index (χ3v) is 4.25. The monoisotopic (exact) mass is 286 g/mol. The van der Waals surface area contributed by atoms with Crippen molar-refractivity contribution in [3.63, 3.8) is 0 Å². The van der Waals surface area contributed by atoms with Crippen LogP contribution in [0.3, 0.4) is 0 Å². The number of benzene rings is 1. The molecule has 3 rings (SSSR count). The Bertz CT molecular complexity index is 568. The number of carbonyl (C=O) groups is 1. The highest BCUT2D eigenvalue weighted by atomic mass is 16.5. The molecule has 1 aromatic carbocycles. The van der Waals surface area contributed by atoms with E-state index in [-0.39, 0.29) is 11.9 Å². The van der Waals surface area contributed by atoms with Crippen LogP contribution in [0.15, 0.2) is 24.3 Å². The van der Waals surface area contributed by atoms with E-state index in [1.54, 1.807) is 6.08 Å². The molecule has 1 amide bonds. The topological polar surface area (TPSA) is 32.8 Å². The molecule has 2 aliphatic rings. The Kier molecular flexibility index (Phi) is 3.97. The number of ether oxygens (including phenoxy) is 1. The van der Waals surface area contributed by atoms with E-state index in [0.29, 0.717) is 0 Å². The zero-order valence-electron chi connectivity index (χ0n) is 12.7. The predicted molar refractivity (Wildman–Crippen MR) is 83.3 cm³/mol. The van der Waals surface area contributed by atoms with Crippen LogP contribution in [0.5, 0.6) is 5.75 Å². The standard InChI is InChI=1S/C17H22N2O2/c1-13-12-18(2)8-9-19(13)17(20)6-4-14-3-5-16-15(11-14)7-10-21-16/h3-6,11,13H,7-10,12H2,1-2H3. The molecule has 1 atom stereocenters. The van der Waals surface area contributed by atoms with Gasteiger partial charge in [0.25, 0.3) is 0 Å². The van der Waals surface area contributed by atoms with Gasteiger partial charge in [-0.3, -0.25) is 4.79 Å². The summed E-state index contributed by atoms with van der Waals surface area (Å²) in [4.78, 5) is 16.5. The summed E-state index contributed by atoms with van der Waals surface area (Å²) in [5.74, 6) is 1.08. The largest absolute Gasteiger partial charge is 0.493 e. The summed E-state index contributed by atoms with van der Waals surface area (Å²) in [5, 5.41) is 0. The fourth-order valence-electron chi connectivity index (χ4n) is 3.04. The van der Waals surface area contributed by atoms with Gasteiger partial charge in [0.15, 0.2) is 0 Å². The molecule has 1 saturated heterocycles. The van der Waals surface area contributed by atoms with Gasteiger partial charge in [-0.1, -0.05) is 6.07 Å². The van der Waals surface area contributed by atoms with Crippen molar-refractivity contribution in [2.24, 2.45) is 0 Å². The van der Waals surface area contributed by atoms with Crippen molar-refractivity contribution in [2.75, 3.05) is 33.3 Å². The van der Waals surface area contributed by atoms with Crippen LogP contribution in [0.1, 0.15) is 18.1 Å². The second kappa shape index (κ2) is 5.90. The molecule has 112 valence electrons. The number of likely N-dealkylation sites (N-methyl/N-ethyl adjacent to an activating group) is 1. The predicted octanol–water partition coefficient (Wildman–Crippen LogP) is 1.80. The summed E-state index contributed by atoms with van der Waals surface area (Å²) in [6.45, 7) is 5.56. The maximum absolute atomic E-state index is 12.3. The van der Waals surface area contributed by atoms with Gasteiger partial charge in [-0.05, 0) is 43.3 Å². The quantitative estimate of drug-likeness (QED) is 0.777. The van der Waals surface area contributed by atoms with Gasteiger partial charge >= 0.3 is 0 Å². The van der Waals surface area contributed by atoms with Crippen molar-refractivity contribution in [2.45, 2.75) is 19.4 Å². The van der Waals surface area contributed by atoms with Gasteiger partial charge in [-0.2, -0.15) is 0 Å². The highest BCUT2D eigenvalue weighted by Gasteiger charge is 2.24. The Balaban J connectivity index is 1.67. The normalized spacial score (nSPS) is 22.4. The number of hydrogen-bond donors (Lipinski definition) is 0. The molecule has 0 saturated carbocycles. The van der Waals surface area contributed by atoms with Crippen molar-refractivity contribution < 1.29 is 9.53 Å². The highest BCUT2D eigenvalue weighted by molar-refractivity contribution is 5.92. The number of piperazine rings is 1. The van der Waals surface area contributed by atoms with E-state index in [2.05, 4.69) is 24.9 Å². The lowest BCUT2D eigenvalue weighted by Gasteiger charge is -2.37. The maximum Gasteiger partial charge on any atom is 0.246 e. The summed E-state index contributed by atoms with van der Waals surface area (Å²) < 4.78 is 5.49. The van der Waals surface area contributed by atoms with Gasteiger partial charge in [-0.15, -0.1) is 0 Å². The molecule has 2 heterocycles. The fourth-order valence-corrected chi connectivity index (χ4v) is 3.04. The van der Waals surface area contributed by atoms with Crippen LogP contribution < -0.4 is 4.74 Å². The van der Waals surface area contributed by atoms with Crippen molar-refractivity contribution in [1.82, 2.24) is 9.80 Å². The van der Waals surface area contributed by atoms with Crippen LogP contribution in [0.25, 0.3) is 6.08 Å². The van der Waals surface area contributed by atoms with E-state index in [4.69, 9.17) is 4.74 Å². The molecule has 1 fully saturated rings. The first-order valence-electron chi connectivity index (χ1n) is 7.56. The summed E-state index contributed by atoms with van der Waals surface area (Å²) in [5.41, 5.74) is 2.30. The van der Waals surface area contributed by atoms with Crippen LogP contribution in [-0.2, 0) is 11.2 Å². The third-order valence-electron chi connectivity index (χ3n) is 4.25. The molecular weight excluding hydrogens is 264 g/mol.